The largest absolute Gasteiger partial charge is 0.478 e. The van der Waals surface area contributed by atoms with Gasteiger partial charge in [-0.15, -0.1) is 0 Å². The minimum Gasteiger partial charge on any atom is -0.478 e. The third-order valence-corrected chi connectivity index (χ3v) is 3.63. The first-order valence-corrected chi connectivity index (χ1v) is 6.80. The molecule has 1 aliphatic heterocycles. The minimum atomic E-state index is -0.960. The van der Waals surface area contributed by atoms with Crippen LogP contribution in [-0.4, -0.2) is 48.8 Å². The van der Waals surface area contributed by atoms with E-state index in [1.54, 1.807) is 6.07 Å². The van der Waals surface area contributed by atoms with Crippen LogP contribution in [0.1, 0.15) is 22.3 Å². The molecule has 0 aromatic heterocycles. The molecule has 6 nitrogen and oxygen atoms in total. The Hall–Kier alpha value is -1.79. The van der Waals surface area contributed by atoms with Crippen LogP contribution < -0.4 is 11.5 Å². The Morgan fingerprint density at radius 2 is 2.00 bits per heavy atom. The maximum atomic E-state index is 11.2. The average Bonchev–Trinajstić information content (AvgIpc) is 2.44. The Morgan fingerprint density at radius 1 is 1.30 bits per heavy atom. The number of nitrogen functional groups attached to an aromatic ring is 2. The van der Waals surface area contributed by atoms with E-state index in [9.17, 15) is 9.90 Å². The highest BCUT2D eigenvalue weighted by Crippen LogP contribution is 2.25. The van der Waals surface area contributed by atoms with Gasteiger partial charge in [-0.1, -0.05) is 0 Å². The van der Waals surface area contributed by atoms with Crippen molar-refractivity contribution in [3.63, 3.8) is 0 Å². The summed E-state index contributed by atoms with van der Waals surface area (Å²) in [6, 6.07) is 3.07. The molecule has 20 heavy (non-hydrogen) atoms. The molecule has 0 bridgehead atoms. The van der Waals surface area contributed by atoms with Gasteiger partial charge in [-0.05, 0) is 37.1 Å². The van der Waals surface area contributed by atoms with Crippen LogP contribution >= 0.6 is 0 Å². The van der Waals surface area contributed by atoms with Crippen molar-refractivity contribution >= 4 is 17.3 Å². The summed E-state index contributed by atoms with van der Waals surface area (Å²) >= 11 is 0. The summed E-state index contributed by atoms with van der Waals surface area (Å²) in [5, 5.41) is 9.21. The zero-order chi connectivity index (χ0) is 14.5. The molecule has 6 heteroatoms. The summed E-state index contributed by atoms with van der Waals surface area (Å²) in [4.78, 5) is 13.5. The zero-order valence-electron chi connectivity index (χ0n) is 11.5. The smallest absolute Gasteiger partial charge is 0.336 e. The fraction of sp³-hybridized carbons (Fsp3) is 0.500. The zero-order valence-corrected chi connectivity index (χ0v) is 11.5. The number of benzene rings is 1. The maximum Gasteiger partial charge on any atom is 0.336 e. The van der Waals surface area contributed by atoms with Crippen LogP contribution in [0.25, 0.3) is 0 Å². The Kier molecular flexibility index (Phi) is 4.81. The number of nitrogens with zero attached hydrogens (tertiary/aromatic N) is 1. The lowest BCUT2D eigenvalue weighted by Crippen LogP contribution is -2.37. The van der Waals surface area contributed by atoms with E-state index in [-0.39, 0.29) is 5.56 Å². The van der Waals surface area contributed by atoms with Crippen molar-refractivity contribution in [2.45, 2.75) is 12.8 Å². The van der Waals surface area contributed by atoms with Crippen molar-refractivity contribution in [3.8, 4) is 0 Å². The molecule has 0 spiro atoms. The number of aromatic carboxylic acids is 1. The Bertz CT molecular complexity index is 485. The fourth-order valence-electron chi connectivity index (χ4n) is 2.46. The molecule has 1 aromatic rings. The highest BCUT2D eigenvalue weighted by atomic mass is 16.5. The number of rotatable bonds is 5. The van der Waals surface area contributed by atoms with E-state index >= 15 is 0 Å². The van der Waals surface area contributed by atoms with E-state index in [4.69, 9.17) is 16.2 Å². The number of morpholine rings is 1. The second-order valence-electron chi connectivity index (χ2n) is 4.96. The van der Waals surface area contributed by atoms with Crippen LogP contribution in [0.3, 0.4) is 0 Å². The number of anilines is 2. The standard InChI is InChI=1S/C14H21N3O3/c15-12-4-3-11(14(18)19)10(13(12)16)2-1-5-17-6-8-20-9-7-17/h3-4H,1-2,5-9,15-16H2,(H,18,19). The summed E-state index contributed by atoms with van der Waals surface area (Å²) in [5.41, 5.74) is 13.4. The van der Waals surface area contributed by atoms with Gasteiger partial charge in [0.05, 0.1) is 30.2 Å². The monoisotopic (exact) mass is 279 g/mol. The molecule has 5 N–H and O–H groups in total. The lowest BCUT2D eigenvalue weighted by molar-refractivity contribution is 0.0374. The average molecular weight is 279 g/mol. The molecule has 110 valence electrons. The molecule has 0 radical (unpaired) electrons. The van der Waals surface area contributed by atoms with E-state index in [0.29, 0.717) is 23.4 Å². The van der Waals surface area contributed by atoms with E-state index in [2.05, 4.69) is 4.90 Å². The van der Waals surface area contributed by atoms with Crippen molar-refractivity contribution < 1.29 is 14.6 Å². The highest BCUT2D eigenvalue weighted by Gasteiger charge is 2.16. The normalized spacial score (nSPS) is 16.2. The molecular formula is C14H21N3O3. The number of nitrogens with two attached hydrogens (primary N) is 2. The number of carbonyl (C=O) groups is 1. The third kappa shape index (κ3) is 3.40. The first kappa shape index (κ1) is 14.6. The van der Waals surface area contributed by atoms with Gasteiger partial charge in [-0.25, -0.2) is 4.79 Å². The van der Waals surface area contributed by atoms with Crippen LogP contribution in [0.2, 0.25) is 0 Å². The first-order valence-electron chi connectivity index (χ1n) is 6.80. The van der Waals surface area contributed by atoms with Gasteiger partial charge in [0.2, 0.25) is 0 Å². The summed E-state index contributed by atoms with van der Waals surface area (Å²) in [6.07, 6.45) is 1.48. The number of carboxylic acids is 1. The second kappa shape index (κ2) is 6.58. The van der Waals surface area contributed by atoms with Gasteiger partial charge < -0.3 is 21.3 Å². The number of carboxylic acid groups (broad SMARTS) is 1. The lowest BCUT2D eigenvalue weighted by atomic mass is 9.99. The molecule has 1 heterocycles. The van der Waals surface area contributed by atoms with Crippen LogP contribution in [0.4, 0.5) is 11.4 Å². The van der Waals surface area contributed by atoms with Gasteiger partial charge in [0, 0.05) is 13.1 Å². The molecule has 0 amide bonds. The third-order valence-electron chi connectivity index (χ3n) is 3.63. The number of hydrogen-bond acceptors (Lipinski definition) is 5. The molecule has 2 rings (SSSR count). The first-order chi connectivity index (χ1) is 9.59. The Balaban J connectivity index is 2.00. The van der Waals surface area contributed by atoms with Gasteiger partial charge in [0.15, 0.2) is 0 Å². The molecule has 1 aromatic carbocycles. The van der Waals surface area contributed by atoms with E-state index in [1.807, 2.05) is 0 Å². The summed E-state index contributed by atoms with van der Waals surface area (Å²) < 4.78 is 5.29. The molecule has 1 aliphatic rings. The van der Waals surface area contributed by atoms with Gasteiger partial charge >= 0.3 is 5.97 Å². The molecule has 0 unspecified atom stereocenters. The van der Waals surface area contributed by atoms with Crippen LogP contribution in [0, 0.1) is 0 Å². The second-order valence-corrected chi connectivity index (χ2v) is 4.96. The Labute approximate surface area is 118 Å². The van der Waals surface area contributed by atoms with Crippen LogP contribution in [0.15, 0.2) is 12.1 Å². The molecule has 0 saturated carbocycles. The highest BCUT2D eigenvalue weighted by molar-refractivity contribution is 5.93. The van der Waals surface area contributed by atoms with Gasteiger partial charge in [0.1, 0.15) is 0 Å². The number of hydrogen-bond donors (Lipinski definition) is 3. The predicted octanol–water partition coefficient (Wildman–Crippen LogP) is 0.814. The van der Waals surface area contributed by atoms with Gasteiger partial charge in [-0.2, -0.15) is 0 Å². The quantitative estimate of drug-likeness (QED) is 0.690. The summed E-state index contributed by atoms with van der Waals surface area (Å²) in [6.45, 7) is 4.30. The summed E-state index contributed by atoms with van der Waals surface area (Å²) in [7, 11) is 0. The van der Waals surface area contributed by atoms with Crippen LogP contribution in [-0.2, 0) is 11.2 Å². The van der Waals surface area contributed by atoms with E-state index in [1.165, 1.54) is 6.07 Å². The SMILES string of the molecule is Nc1ccc(C(=O)O)c(CCCN2CCOCC2)c1N. The van der Waals surface area contributed by atoms with Crippen molar-refractivity contribution in [1.82, 2.24) is 4.90 Å². The molecule has 0 atom stereocenters. The van der Waals surface area contributed by atoms with Crippen molar-refractivity contribution in [2.75, 3.05) is 44.3 Å². The summed E-state index contributed by atoms with van der Waals surface area (Å²) in [5.74, 6) is -0.960. The van der Waals surface area contributed by atoms with Crippen molar-refractivity contribution in [2.24, 2.45) is 0 Å². The lowest BCUT2D eigenvalue weighted by Gasteiger charge is -2.26. The van der Waals surface area contributed by atoms with Crippen molar-refractivity contribution in [1.29, 1.82) is 0 Å². The van der Waals surface area contributed by atoms with E-state index in [0.717, 1.165) is 39.3 Å². The fourth-order valence-corrected chi connectivity index (χ4v) is 2.46. The molecule has 0 aliphatic carbocycles. The molecule has 1 fully saturated rings. The molecular weight excluding hydrogens is 258 g/mol. The number of ether oxygens (including phenoxy) is 1. The predicted molar refractivity (Wildman–Crippen MR) is 77.8 cm³/mol. The topological polar surface area (TPSA) is 102 Å². The Morgan fingerprint density at radius 3 is 2.65 bits per heavy atom. The maximum absolute atomic E-state index is 11.2. The van der Waals surface area contributed by atoms with Gasteiger partial charge in [0.25, 0.3) is 0 Å². The van der Waals surface area contributed by atoms with Gasteiger partial charge in [-0.3, -0.25) is 4.90 Å². The van der Waals surface area contributed by atoms with Crippen molar-refractivity contribution in [3.05, 3.63) is 23.3 Å². The van der Waals surface area contributed by atoms with E-state index < -0.39 is 5.97 Å². The minimum absolute atomic E-state index is 0.249. The van der Waals surface area contributed by atoms with Crippen LogP contribution in [0.5, 0.6) is 0 Å². The molecule has 1 saturated heterocycles.